The van der Waals surface area contributed by atoms with E-state index in [2.05, 4.69) is 19.2 Å². The molecule has 12 atom stereocenters. The molecule has 2 amide bonds. The molecule has 6 saturated heterocycles. The lowest BCUT2D eigenvalue weighted by molar-refractivity contribution is -0.577. The monoisotopic (exact) mass is 663 g/mol. The highest BCUT2D eigenvalue weighted by molar-refractivity contribution is 8.01. The van der Waals surface area contributed by atoms with E-state index in [1.807, 2.05) is 6.92 Å². The standard InChI is InChI=1S/C16H19N3O5S.C16H26O5/c1-16(2)11(15(23)24)19-13(22)10(14(19)25-16)18-12(21)9(17)7-3-5-8(20)6-4-7;1-9-5-6-12-10(2)13(17-4)18-14-16(12)11(9)7-8-15(3,19-14)20-21-16/h3-6,9-11,14,20H,17H2,1-2H3,(H,18,21)(H,23,24);9-14H,5-8H2,1-4H3/t9-,10-,11+,14-;9-,10-,11+,12+,13+,14-,15+,16?/m11/s1. The molecule has 14 heteroatoms. The number of phenols is 1. The number of aromatic hydroxyl groups is 1. The number of carbonyl (C=O) groups is 3. The van der Waals surface area contributed by atoms with Crippen molar-refractivity contribution >= 4 is 29.5 Å². The number of carboxylic acids is 1. The van der Waals surface area contributed by atoms with Crippen molar-refractivity contribution in [2.24, 2.45) is 29.4 Å². The predicted molar refractivity (Wildman–Crippen MR) is 165 cm³/mol. The van der Waals surface area contributed by atoms with E-state index in [9.17, 15) is 24.6 Å². The highest BCUT2D eigenvalue weighted by Crippen LogP contribution is 2.60. The summed E-state index contributed by atoms with van der Waals surface area (Å²) in [7, 11) is 1.70. The van der Waals surface area contributed by atoms with Gasteiger partial charge in [0.1, 0.15) is 29.2 Å². The lowest BCUT2D eigenvalue weighted by Crippen LogP contribution is -2.71. The summed E-state index contributed by atoms with van der Waals surface area (Å²) in [6.07, 6.45) is 3.64. The van der Waals surface area contributed by atoms with Crippen LogP contribution in [0, 0.1) is 23.7 Å². The van der Waals surface area contributed by atoms with Crippen LogP contribution >= 0.6 is 11.8 Å². The van der Waals surface area contributed by atoms with Gasteiger partial charge in [-0.25, -0.2) is 14.6 Å². The molecule has 2 bridgehead atoms. The highest BCUT2D eigenvalue weighted by atomic mass is 32.2. The van der Waals surface area contributed by atoms with Crippen LogP contribution in [0.3, 0.4) is 0 Å². The van der Waals surface area contributed by atoms with Crippen LogP contribution < -0.4 is 11.1 Å². The first-order chi connectivity index (χ1) is 21.6. The summed E-state index contributed by atoms with van der Waals surface area (Å²) in [6.45, 7) is 10.00. The number of benzene rings is 1. The third-order valence-corrected chi connectivity index (χ3v) is 12.4. The molecule has 0 aromatic heterocycles. The molecule has 5 N–H and O–H groups in total. The summed E-state index contributed by atoms with van der Waals surface area (Å²) in [5.74, 6) is -0.985. The molecule has 13 nitrogen and oxygen atoms in total. The van der Waals surface area contributed by atoms with Crippen LogP contribution in [-0.2, 0) is 38.4 Å². The van der Waals surface area contributed by atoms with Gasteiger partial charge in [-0.05, 0) is 69.6 Å². The number of phenolic OH excluding ortho intramolecular Hbond substituents is 1. The van der Waals surface area contributed by atoms with Gasteiger partial charge in [0, 0.05) is 30.1 Å². The predicted octanol–water partition coefficient (Wildman–Crippen LogP) is 2.86. The van der Waals surface area contributed by atoms with Gasteiger partial charge in [0.05, 0.1) is 0 Å². The Morgan fingerprint density at radius 1 is 1.11 bits per heavy atom. The van der Waals surface area contributed by atoms with Crippen LogP contribution in [0.2, 0.25) is 0 Å². The van der Waals surface area contributed by atoms with Crippen molar-refractivity contribution in [2.75, 3.05) is 7.11 Å². The Labute approximate surface area is 272 Å². The Kier molecular flexibility index (Phi) is 8.65. The van der Waals surface area contributed by atoms with Gasteiger partial charge in [-0.3, -0.25) is 9.59 Å². The molecule has 7 aliphatic rings. The van der Waals surface area contributed by atoms with Gasteiger partial charge in [0.15, 0.2) is 18.2 Å². The number of nitrogens with two attached hydrogens (primary N) is 1. The molecular weight excluding hydrogens is 618 g/mol. The average Bonchev–Trinajstić information content (AvgIpc) is 3.08. The zero-order valence-electron chi connectivity index (χ0n) is 27.0. The number of carbonyl (C=O) groups excluding carboxylic acids is 2. The highest BCUT2D eigenvalue weighted by Gasteiger charge is 2.69. The first-order valence-electron chi connectivity index (χ1n) is 15.9. The summed E-state index contributed by atoms with van der Waals surface area (Å²) in [4.78, 5) is 49.3. The quantitative estimate of drug-likeness (QED) is 0.268. The number of rotatable bonds is 5. The van der Waals surface area contributed by atoms with Crippen molar-refractivity contribution in [3.63, 3.8) is 0 Å². The second kappa shape index (κ2) is 11.9. The Balaban J connectivity index is 0.000000164. The molecule has 6 heterocycles. The molecule has 1 spiro atoms. The molecule has 1 aromatic carbocycles. The van der Waals surface area contributed by atoms with E-state index in [1.54, 1.807) is 21.0 Å². The van der Waals surface area contributed by atoms with Crippen molar-refractivity contribution in [1.82, 2.24) is 10.2 Å². The van der Waals surface area contributed by atoms with Crippen LogP contribution in [0.25, 0.3) is 0 Å². The number of fused-ring (bicyclic) bond motifs is 3. The minimum absolute atomic E-state index is 0.0606. The third-order valence-electron chi connectivity index (χ3n) is 10.8. The van der Waals surface area contributed by atoms with Crippen molar-refractivity contribution in [3.8, 4) is 5.75 Å². The van der Waals surface area contributed by atoms with E-state index >= 15 is 0 Å². The number of hydrogen-bond donors (Lipinski definition) is 4. The second-order valence-electron chi connectivity index (χ2n) is 14.2. The van der Waals surface area contributed by atoms with E-state index in [0.717, 1.165) is 19.3 Å². The van der Waals surface area contributed by atoms with Gasteiger partial charge in [0.2, 0.25) is 17.6 Å². The fourth-order valence-corrected chi connectivity index (χ4v) is 9.99. The molecule has 6 aliphatic heterocycles. The summed E-state index contributed by atoms with van der Waals surface area (Å²) in [6, 6.07) is 3.21. The van der Waals surface area contributed by atoms with Crippen LogP contribution in [0.5, 0.6) is 5.75 Å². The number of methoxy groups -OCH3 is 1. The van der Waals surface area contributed by atoms with Gasteiger partial charge in [-0.15, -0.1) is 11.8 Å². The molecule has 46 heavy (non-hydrogen) atoms. The zero-order chi connectivity index (χ0) is 33.3. The van der Waals surface area contributed by atoms with Gasteiger partial charge in [-0.2, -0.15) is 0 Å². The molecule has 1 unspecified atom stereocenters. The fraction of sp³-hybridized carbons (Fsp3) is 0.719. The van der Waals surface area contributed by atoms with Crippen LogP contribution in [0.15, 0.2) is 24.3 Å². The van der Waals surface area contributed by atoms with E-state index < -0.39 is 63.7 Å². The summed E-state index contributed by atoms with van der Waals surface area (Å²) in [5.41, 5.74) is 5.94. The van der Waals surface area contributed by atoms with Crippen molar-refractivity contribution in [2.45, 2.75) is 113 Å². The van der Waals surface area contributed by atoms with Crippen molar-refractivity contribution < 1.29 is 48.6 Å². The second-order valence-corrected chi connectivity index (χ2v) is 15.9. The van der Waals surface area contributed by atoms with Crippen LogP contribution in [-0.4, -0.2) is 86.2 Å². The Hall–Kier alpha value is -2.46. The minimum Gasteiger partial charge on any atom is -0.508 e. The lowest BCUT2D eigenvalue weighted by atomic mass is 9.58. The maximum atomic E-state index is 12.3. The van der Waals surface area contributed by atoms with Crippen molar-refractivity contribution in [3.05, 3.63) is 29.8 Å². The van der Waals surface area contributed by atoms with E-state index in [4.69, 9.17) is 29.7 Å². The molecule has 254 valence electrons. The summed E-state index contributed by atoms with van der Waals surface area (Å²) < 4.78 is 17.3. The van der Waals surface area contributed by atoms with Gasteiger partial charge in [0.25, 0.3) is 0 Å². The first-order valence-corrected chi connectivity index (χ1v) is 16.8. The molecular formula is C32H45N3O10S. The van der Waals surface area contributed by atoms with Gasteiger partial charge < -0.3 is 40.4 Å². The number of amides is 2. The van der Waals surface area contributed by atoms with E-state index in [-0.39, 0.29) is 18.0 Å². The fourth-order valence-electron chi connectivity index (χ4n) is 8.36. The maximum Gasteiger partial charge on any atom is 0.327 e. The number of nitrogens with one attached hydrogen (secondary N) is 1. The number of nitrogens with zero attached hydrogens (tertiary/aromatic N) is 1. The Bertz CT molecular complexity index is 1360. The summed E-state index contributed by atoms with van der Waals surface area (Å²) >= 11 is 1.35. The van der Waals surface area contributed by atoms with Gasteiger partial charge in [-0.1, -0.05) is 26.0 Å². The largest absolute Gasteiger partial charge is 0.508 e. The smallest absolute Gasteiger partial charge is 0.327 e. The van der Waals surface area contributed by atoms with Crippen molar-refractivity contribution in [1.29, 1.82) is 0 Å². The zero-order valence-corrected chi connectivity index (χ0v) is 27.8. The minimum atomic E-state index is -1.06. The molecule has 1 aliphatic carbocycles. The molecule has 1 saturated carbocycles. The normalized spacial score (nSPS) is 42.4. The van der Waals surface area contributed by atoms with E-state index in [1.165, 1.54) is 47.3 Å². The molecule has 8 rings (SSSR count). The Morgan fingerprint density at radius 3 is 2.46 bits per heavy atom. The molecule has 7 fully saturated rings. The third kappa shape index (κ3) is 5.30. The SMILES string of the molecule is CC1(C)S[C@@H]2[C@H](NC(=O)[C@H](N)c3ccc(O)cc3)C(=O)N2[C@H]1C(=O)O.CO[C@H]1O[C@@H]2O[C@]3(C)CC[C@H]4[C@H](C)CC[C@@H]([C@H]1C)C24OO3. The number of β-lactam (4-membered cyclic amide) rings is 1. The number of aliphatic carboxylic acids is 1. The topological polar surface area (TPSA) is 179 Å². The Morgan fingerprint density at radius 2 is 1.80 bits per heavy atom. The molecule has 0 radical (unpaired) electrons. The summed E-state index contributed by atoms with van der Waals surface area (Å²) in [5, 5.41) is 20.9. The first kappa shape index (κ1) is 33.4. The molecule has 1 aromatic rings. The van der Waals surface area contributed by atoms with Crippen LogP contribution in [0.1, 0.15) is 71.9 Å². The van der Waals surface area contributed by atoms with Crippen LogP contribution in [0.4, 0.5) is 0 Å². The maximum absolute atomic E-state index is 12.3. The number of hydrogen-bond acceptors (Lipinski definition) is 11. The van der Waals surface area contributed by atoms with E-state index in [0.29, 0.717) is 23.3 Å². The number of thioether (sulfide) groups is 1. The number of carboxylic acid groups (broad SMARTS) is 1. The lowest BCUT2D eigenvalue weighted by Gasteiger charge is -2.60. The van der Waals surface area contributed by atoms with Gasteiger partial charge >= 0.3 is 5.97 Å². The number of ether oxygens (including phenoxy) is 3. The average molecular weight is 664 g/mol.